The molecule has 0 N–H and O–H groups in total. The molecule has 4 nitrogen and oxygen atoms in total. The molecule has 0 aromatic heterocycles. The van der Waals surface area contributed by atoms with Crippen LogP contribution >= 0.6 is 0 Å². The monoisotopic (exact) mass is 308 g/mol. The summed E-state index contributed by atoms with van der Waals surface area (Å²) in [4.78, 5) is 22.9. The molecule has 0 unspecified atom stereocenters. The van der Waals surface area contributed by atoms with Crippen LogP contribution in [0.2, 0.25) is 0 Å². The Morgan fingerprint density at radius 3 is 2.14 bits per heavy atom. The number of Topliss-reactive ketones (excluding diaryl/α,β-unsaturated/α-hetero) is 1. The van der Waals surface area contributed by atoms with Gasteiger partial charge in [0, 0.05) is 12.5 Å². The van der Waals surface area contributed by atoms with Crippen LogP contribution in [0.1, 0.15) is 31.1 Å². The predicted octanol–water partition coefficient (Wildman–Crippen LogP) is 3.25. The fourth-order valence-electron chi connectivity index (χ4n) is 1.60. The van der Waals surface area contributed by atoms with Gasteiger partial charge < -0.3 is 9.47 Å². The van der Waals surface area contributed by atoms with Crippen molar-refractivity contribution in [1.29, 1.82) is 0 Å². The Labute approximate surface area is 117 Å². The molecule has 1 aromatic carbocycles. The van der Waals surface area contributed by atoms with Crippen LogP contribution in [-0.2, 0) is 9.53 Å². The van der Waals surface area contributed by atoms with Crippen LogP contribution in [-0.4, -0.2) is 23.7 Å². The summed E-state index contributed by atoms with van der Waals surface area (Å²) < 4.78 is 57.7. The lowest BCUT2D eigenvalue weighted by Crippen LogP contribution is -2.36. The van der Waals surface area contributed by atoms with Crippen molar-refractivity contribution in [3.8, 4) is 5.75 Å². The largest absolute Gasteiger partial charge is 0.573 e. The third kappa shape index (κ3) is 4.73. The van der Waals surface area contributed by atoms with E-state index in [0.717, 1.165) is 13.0 Å². The van der Waals surface area contributed by atoms with Gasteiger partial charge >= 0.3 is 12.3 Å². The van der Waals surface area contributed by atoms with Gasteiger partial charge in [0.25, 0.3) is 0 Å². The summed E-state index contributed by atoms with van der Waals surface area (Å²) in [7, 11) is 0. The minimum absolute atomic E-state index is 0.242. The zero-order valence-corrected chi connectivity index (χ0v) is 11.4. The van der Waals surface area contributed by atoms with Crippen LogP contribution in [0.3, 0.4) is 0 Å². The van der Waals surface area contributed by atoms with Crippen molar-refractivity contribution < 1.29 is 36.6 Å². The normalized spacial score (nSPS) is 12.0. The second-order valence-electron chi connectivity index (χ2n) is 4.63. The van der Waals surface area contributed by atoms with E-state index in [1.165, 1.54) is 13.8 Å². The SMILES string of the molecule is CC(=O)OC(C)(C)C(=O)c1ccc(OC(F)(F)F)c(F)c1. The van der Waals surface area contributed by atoms with Crippen molar-refractivity contribution in [2.24, 2.45) is 0 Å². The number of rotatable bonds is 4. The number of esters is 1. The van der Waals surface area contributed by atoms with Crippen molar-refractivity contribution in [1.82, 2.24) is 0 Å². The highest BCUT2D eigenvalue weighted by Gasteiger charge is 2.34. The Morgan fingerprint density at radius 1 is 1.14 bits per heavy atom. The molecule has 1 rings (SSSR count). The first-order valence-corrected chi connectivity index (χ1v) is 5.72. The second kappa shape index (κ2) is 5.71. The van der Waals surface area contributed by atoms with E-state index in [9.17, 15) is 27.2 Å². The molecule has 0 heterocycles. The van der Waals surface area contributed by atoms with Gasteiger partial charge in [-0.2, -0.15) is 0 Å². The number of ether oxygens (including phenoxy) is 2. The van der Waals surface area contributed by atoms with E-state index in [1.54, 1.807) is 0 Å². The molecular weight excluding hydrogens is 296 g/mol. The molecule has 21 heavy (non-hydrogen) atoms. The molecule has 0 aliphatic rings. The molecular formula is C13H12F4O4. The molecule has 0 spiro atoms. The third-order valence-corrected chi connectivity index (χ3v) is 2.37. The van der Waals surface area contributed by atoms with Crippen LogP contribution in [0.4, 0.5) is 17.6 Å². The topological polar surface area (TPSA) is 52.6 Å². The number of carbonyl (C=O) groups excluding carboxylic acids is 2. The first-order chi connectivity index (χ1) is 9.42. The van der Waals surface area contributed by atoms with Gasteiger partial charge in [-0.3, -0.25) is 9.59 Å². The van der Waals surface area contributed by atoms with Crippen molar-refractivity contribution in [2.75, 3.05) is 0 Å². The summed E-state index contributed by atoms with van der Waals surface area (Å²) in [6.45, 7) is 3.67. The Balaban J connectivity index is 3.03. The van der Waals surface area contributed by atoms with E-state index in [1.807, 2.05) is 0 Å². The van der Waals surface area contributed by atoms with Gasteiger partial charge in [-0.25, -0.2) is 4.39 Å². The summed E-state index contributed by atoms with van der Waals surface area (Å²) in [6, 6.07) is 2.23. The van der Waals surface area contributed by atoms with Gasteiger partial charge in [0.05, 0.1) is 0 Å². The van der Waals surface area contributed by atoms with E-state index in [4.69, 9.17) is 4.74 Å². The molecule has 0 radical (unpaired) electrons. The van der Waals surface area contributed by atoms with Gasteiger partial charge in [0.1, 0.15) is 0 Å². The molecule has 0 amide bonds. The summed E-state index contributed by atoms with van der Waals surface area (Å²) in [5, 5.41) is 0. The number of alkyl halides is 3. The maximum atomic E-state index is 13.5. The van der Waals surface area contributed by atoms with Gasteiger partial charge in [-0.1, -0.05) is 0 Å². The van der Waals surface area contributed by atoms with Crippen LogP contribution in [0, 0.1) is 5.82 Å². The molecule has 0 fully saturated rings. The van der Waals surface area contributed by atoms with E-state index in [0.29, 0.717) is 12.1 Å². The van der Waals surface area contributed by atoms with Gasteiger partial charge in [-0.15, -0.1) is 13.2 Å². The van der Waals surface area contributed by atoms with Crippen LogP contribution in [0.25, 0.3) is 0 Å². The number of ketones is 1. The lowest BCUT2D eigenvalue weighted by molar-refractivity contribution is -0.275. The van der Waals surface area contributed by atoms with Crippen molar-refractivity contribution in [3.05, 3.63) is 29.6 Å². The minimum atomic E-state index is -5.04. The fraction of sp³-hybridized carbons (Fsp3) is 0.385. The zero-order valence-electron chi connectivity index (χ0n) is 11.4. The first-order valence-electron chi connectivity index (χ1n) is 5.72. The number of hydrogen-bond donors (Lipinski definition) is 0. The average Bonchev–Trinajstić information content (AvgIpc) is 2.27. The summed E-state index contributed by atoms with van der Waals surface area (Å²) >= 11 is 0. The number of benzene rings is 1. The molecule has 0 saturated heterocycles. The number of carbonyl (C=O) groups is 2. The molecule has 0 aliphatic carbocycles. The average molecular weight is 308 g/mol. The van der Waals surface area contributed by atoms with E-state index in [-0.39, 0.29) is 5.56 Å². The fourth-order valence-corrected chi connectivity index (χ4v) is 1.60. The van der Waals surface area contributed by atoms with Crippen LogP contribution in [0.15, 0.2) is 18.2 Å². The summed E-state index contributed by atoms with van der Waals surface area (Å²) in [6.07, 6.45) is -5.04. The highest BCUT2D eigenvalue weighted by molar-refractivity contribution is 6.03. The number of halogens is 4. The Kier molecular flexibility index (Phi) is 4.60. The maximum absolute atomic E-state index is 13.5. The van der Waals surface area contributed by atoms with Gasteiger partial charge in [0.2, 0.25) is 5.78 Å². The second-order valence-corrected chi connectivity index (χ2v) is 4.63. The van der Waals surface area contributed by atoms with Crippen LogP contribution in [0.5, 0.6) is 5.75 Å². The quantitative estimate of drug-likeness (QED) is 0.487. The minimum Gasteiger partial charge on any atom is -0.451 e. The molecule has 1 aromatic rings. The summed E-state index contributed by atoms with van der Waals surface area (Å²) in [5.41, 5.74) is -1.81. The molecule has 0 bridgehead atoms. The van der Waals surface area contributed by atoms with Crippen LogP contribution < -0.4 is 4.74 Å². The smallest absolute Gasteiger partial charge is 0.451 e. The van der Waals surface area contributed by atoms with E-state index in [2.05, 4.69) is 4.74 Å². The Morgan fingerprint density at radius 2 is 1.71 bits per heavy atom. The molecule has 0 atom stereocenters. The maximum Gasteiger partial charge on any atom is 0.573 e. The Hall–Kier alpha value is -2.12. The first kappa shape index (κ1) is 16.9. The van der Waals surface area contributed by atoms with Crippen molar-refractivity contribution in [3.63, 3.8) is 0 Å². The highest BCUT2D eigenvalue weighted by Crippen LogP contribution is 2.27. The Bertz CT molecular complexity index is 564. The summed E-state index contributed by atoms with van der Waals surface area (Å²) in [5.74, 6) is -3.87. The standard InChI is InChI=1S/C13H12F4O4/c1-7(18)20-12(2,3)11(19)8-4-5-10(9(14)6-8)21-13(15,16)17/h4-6H,1-3H3. The zero-order chi connectivity index (χ0) is 16.4. The van der Waals surface area contributed by atoms with E-state index >= 15 is 0 Å². The third-order valence-electron chi connectivity index (χ3n) is 2.37. The van der Waals surface area contributed by atoms with Crippen molar-refractivity contribution >= 4 is 11.8 Å². The lowest BCUT2D eigenvalue weighted by atomic mass is 9.96. The van der Waals surface area contributed by atoms with Gasteiger partial charge in [0.15, 0.2) is 17.2 Å². The predicted molar refractivity (Wildman–Crippen MR) is 63.3 cm³/mol. The van der Waals surface area contributed by atoms with Gasteiger partial charge in [-0.05, 0) is 32.0 Å². The highest BCUT2D eigenvalue weighted by atomic mass is 19.4. The van der Waals surface area contributed by atoms with Crippen molar-refractivity contribution in [2.45, 2.75) is 32.7 Å². The molecule has 8 heteroatoms. The molecule has 0 saturated carbocycles. The lowest BCUT2D eigenvalue weighted by Gasteiger charge is -2.23. The molecule has 0 aliphatic heterocycles. The van der Waals surface area contributed by atoms with E-state index < -0.39 is 35.3 Å². The number of hydrogen-bond acceptors (Lipinski definition) is 4. The molecule has 116 valence electrons.